The van der Waals surface area contributed by atoms with E-state index in [4.69, 9.17) is 4.74 Å². The van der Waals surface area contributed by atoms with Crippen molar-refractivity contribution in [2.24, 2.45) is 5.92 Å². The van der Waals surface area contributed by atoms with E-state index in [9.17, 15) is 9.59 Å². The third-order valence-electron chi connectivity index (χ3n) is 6.03. The molecule has 1 aromatic heterocycles. The van der Waals surface area contributed by atoms with Crippen molar-refractivity contribution in [3.8, 4) is 0 Å². The molecule has 3 saturated heterocycles. The number of ether oxygens (including phenoxy) is 1. The lowest BCUT2D eigenvalue weighted by atomic mass is 9.95. The minimum Gasteiger partial charge on any atom is -0.383 e. The maximum atomic E-state index is 12.9. The van der Waals surface area contributed by atoms with Crippen molar-refractivity contribution in [1.82, 2.24) is 19.6 Å². The number of nitrogens with zero attached hydrogens (tertiary/aromatic N) is 4. The number of carbonyl (C=O) groups is 2. The van der Waals surface area contributed by atoms with E-state index in [2.05, 4.69) is 10.00 Å². The number of Topliss-reactive ketones (excluding diaryl/α,β-unsaturated/α-hetero) is 1. The van der Waals surface area contributed by atoms with Gasteiger partial charge < -0.3 is 9.64 Å². The van der Waals surface area contributed by atoms with E-state index < -0.39 is 0 Å². The first-order chi connectivity index (χ1) is 12.9. The molecule has 1 aromatic rings. The van der Waals surface area contributed by atoms with Gasteiger partial charge in [0, 0.05) is 58.0 Å². The van der Waals surface area contributed by atoms with Crippen LogP contribution in [0.25, 0.3) is 0 Å². The monoisotopic (exact) mass is 376 g/mol. The highest BCUT2D eigenvalue weighted by molar-refractivity contribution is 5.96. The first-order valence-corrected chi connectivity index (χ1v) is 9.96. The average molecular weight is 377 g/mol. The van der Waals surface area contributed by atoms with Gasteiger partial charge in [0.1, 0.15) is 0 Å². The molecule has 0 aliphatic carbocycles. The number of ketones is 1. The van der Waals surface area contributed by atoms with Crippen LogP contribution < -0.4 is 0 Å². The number of hydrogen-bond acceptors (Lipinski definition) is 5. The fourth-order valence-electron chi connectivity index (χ4n) is 4.65. The van der Waals surface area contributed by atoms with Crippen LogP contribution in [-0.2, 0) is 16.1 Å². The molecule has 0 N–H and O–H groups in total. The molecule has 0 unspecified atom stereocenters. The summed E-state index contributed by atoms with van der Waals surface area (Å²) in [6, 6.07) is 0.445. The second kappa shape index (κ2) is 8.52. The highest BCUT2D eigenvalue weighted by Crippen LogP contribution is 2.28. The summed E-state index contributed by atoms with van der Waals surface area (Å²) in [4.78, 5) is 29.2. The number of amides is 1. The number of methoxy groups -OCH3 is 1. The third kappa shape index (κ3) is 4.41. The lowest BCUT2D eigenvalue weighted by molar-refractivity contribution is -0.131. The zero-order valence-corrected chi connectivity index (χ0v) is 17.0. The number of hydrogen-bond donors (Lipinski definition) is 0. The second-order valence-corrected chi connectivity index (χ2v) is 7.96. The summed E-state index contributed by atoms with van der Waals surface area (Å²) in [5, 5.41) is 4.46. The fourth-order valence-corrected chi connectivity index (χ4v) is 4.65. The molecule has 150 valence electrons. The number of carbonyl (C=O) groups excluding carboxylic acids is 2. The number of aromatic nitrogens is 2. The van der Waals surface area contributed by atoms with Gasteiger partial charge in [-0.25, -0.2) is 0 Å². The summed E-state index contributed by atoms with van der Waals surface area (Å²) >= 11 is 0. The number of piperidine rings is 1. The van der Waals surface area contributed by atoms with Gasteiger partial charge in [-0.1, -0.05) is 0 Å². The molecule has 0 spiro atoms. The van der Waals surface area contributed by atoms with Crippen molar-refractivity contribution >= 4 is 11.7 Å². The Bertz CT molecular complexity index is 700. The van der Waals surface area contributed by atoms with E-state index in [0.29, 0.717) is 30.5 Å². The van der Waals surface area contributed by atoms with Crippen molar-refractivity contribution in [3.05, 3.63) is 17.0 Å². The van der Waals surface area contributed by atoms with Crippen molar-refractivity contribution in [2.75, 3.05) is 39.9 Å². The average Bonchev–Trinajstić information content (AvgIpc) is 2.80. The number of aryl methyl sites for hydroxylation is 2. The molecule has 4 rings (SSSR count). The lowest BCUT2D eigenvalue weighted by Crippen LogP contribution is -2.45. The Morgan fingerprint density at radius 2 is 1.93 bits per heavy atom. The van der Waals surface area contributed by atoms with Gasteiger partial charge in [0.25, 0.3) is 0 Å². The molecule has 2 atom stereocenters. The van der Waals surface area contributed by atoms with Crippen LogP contribution in [0.15, 0.2) is 0 Å². The Labute approximate surface area is 161 Å². The van der Waals surface area contributed by atoms with Crippen LogP contribution in [-0.4, -0.2) is 77.2 Å². The van der Waals surface area contributed by atoms with Crippen molar-refractivity contribution in [2.45, 2.75) is 52.6 Å². The van der Waals surface area contributed by atoms with Crippen molar-refractivity contribution < 1.29 is 14.3 Å². The predicted molar refractivity (Wildman–Crippen MR) is 103 cm³/mol. The first-order valence-electron chi connectivity index (χ1n) is 9.96. The van der Waals surface area contributed by atoms with E-state index in [-0.39, 0.29) is 11.7 Å². The molecule has 7 heteroatoms. The number of rotatable bonds is 7. The zero-order valence-electron chi connectivity index (χ0n) is 17.0. The van der Waals surface area contributed by atoms with Gasteiger partial charge in [-0.3, -0.25) is 19.2 Å². The van der Waals surface area contributed by atoms with Gasteiger partial charge in [-0.15, -0.1) is 0 Å². The molecule has 0 radical (unpaired) electrons. The Morgan fingerprint density at radius 3 is 2.59 bits per heavy atom. The summed E-state index contributed by atoms with van der Waals surface area (Å²) in [5.74, 6) is 0.780. The molecule has 0 aromatic carbocycles. The van der Waals surface area contributed by atoms with Crippen molar-refractivity contribution in [3.63, 3.8) is 0 Å². The van der Waals surface area contributed by atoms with Crippen LogP contribution in [0.4, 0.5) is 0 Å². The topological polar surface area (TPSA) is 67.7 Å². The minimum atomic E-state index is 0.0304. The molecule has 2 bridgehead atoms. The van der Waals surface area contributed by atoms with Crippen LogP contribution in [0.2, 0.25) is 0 Å². The van der Waals surface area contributed by atoms with Gasteiger partial charge in [0.05, 0.1) is 17.9 Å². The predicted octanol–water partition coefficient (Wildman–Crippen LogP) is 1.66. The van der Waals surface area contributed by atoms with Gasteiger partial charge >= 0.3 is 0 Å². The molecule has 27 heavy (non-hydrogen) atoms. The molecule has 4 heterocycles. The molecule has 0 saturated carbocycles. The van der Waals surface area contributed by atoms with E-state index >= 15 is 0 Å². The van der Waals surface area contributed by atoms with Crippen LogP contribution in [0.3, 0.4) is 0 Å². The van der Waals surface area contributed by atoms with Crippen LogP contribution in [0.1, 0.15) is 47.9 Å². The standard InChI is InChI=1S/C20H32N4O3/c1-14-20(16(3)25)15(2)24(21-14)8-7-19(26)23-12-17-5-6-18(13-23)22(11-17)9-10-27-4/h17-18H,5-13H2,1-4H3/t17-,18-/m0/s1. The highest BCUT2D eigenvalue weighted by atomic mass is 16.5. The molecule has 1 amide bonds. The van der Waals surface area contributed by atoms with Gasteiger partial charge in [0.15, 0.2) is 5.78 Å². The maximum Gasteiger partial charge on any atom is 0.224 e. The highest BCUT2D eigenvalue weighted by Gasteiger charge is 2.36. The van der Waals surface area contributed by atoms with Crippen molar-refractivity contribution in [1.29, 1.82) is 0 Å². The van der Waals surface area contributed by atoms with E-state index in [1.165, 1.54) is 6.42 Å². The maximum absolute atomic E-state index is 12.9. The van der Waals surface area contributed by atoms with Gasteiger partial charge in [-0.05, 0) is 39.5 Å². The Kier molecular flexibility index (Phi) is 6.32. The molecule has 3 fully saturated rings. The lowest BCUT2D eigenvalue weighted by Gasteiger charge is -2.35. The Hall–Kier alpha value is -1.73. The zero-order chi connectivity index (χ0) is 19.6. The molecule has 3 aliphatic heterocycles. The smallest absolute Gasteiger partial charge is 0.224 e. The minimum absolute atomic E-state index is 0.0304. The van der Waals surface area contributed by atoms with Crippen LogP contribution >= 0.6 is 0 Å². The SMILES string of the molecule is COCCN1C[C@@H]2CC[C@H]1CN(C(=O)CCn1nc(C)c(C(C)=O)c1C)C2. The third-order valence-corrected chi connectivity index (χ3v) is 6.03. The van der Waals surface area contributed by atoms with Gasteiger partial charge in [-0.2, -0.15) is 5.10 Å². The van der Waals surface area contributed by atoms with E-state index in [1.807, 2.05) is 18.7 Å². The summed E-state index contributed by atoms with van der Waals surface area (Å²) in [6.45, 7) is 10.3. The largest absolute Gasteiger partial charge is 0.383 e. The van der Waals surface area contributed by atoms with Gasteiger partial charge in [0.2, 0.25) is 5.91 Å². The van der Waals surface area contributed by atoms with E-state index in [1.54, 1.807) is 18.7 Å². The van der Waals surface area contributed by atoms with Crippen LogP contribution in [0.5, 0.6) is 0 Å². The molecular formula is C20H32N4O3. The quantitative estimate of drug-likeness (QED) is 0.677. The summed E-state index contributed by atoms with van der Waals surface area (Å²) in [6.07, 6.45) is 2.80. The van der Waals surface area contributed by atoms with E-state index in [0.717, 1.165) is 50.6 Å². The number of fused-ring (bicyclic) bond motifs is 4. The summed E-state index contributed by atoms with van der Waals surface area (Å²) in [5.41, 5.74) is 2.28. The second-order valence-electron chi connectivity index (χ2n) is 7.96. The molecule has 7 nitrogen and oxygen atoms in total. The Morgan fingerprint density at radius 1 is 1.15 bits per heavy atom. The molecular weight excluding hydrogens is 344 g/mol. The molecule has 3 aliphatic rings. The fraction of sp³-hybridized carbons (Fsp3) is 0.750. The first kappa shape index (κ1) is 20.0. The normalized spacial score (nSPS) is 22.9. The van der Waals surface area contributed by atoms with Crippen LogP contribution in [0, 0.1) is 19.8 Å². The summed E-state index contributed by atoms with van der Waals surface area (Å²) < 4.78 is 7.05. The summed E-state index contributed by atoms with van der Waals surface area (Å²) in [7, 11) is 1.74. The Balaban J connectivity index is 1.60.